The van der Waals surface area contributed by atoms with E-state index >= 15 is 0 Å². The Bertz CT molecular complexity index is 1570. The first kappa shape index (κ1) is 25.6. The number of halogens is 3. The second-order valence-electron chi connectivity index (χ2n) is 9.14. The minimum absolute atomic E-state index is 0.0353. The molecule has 2 aromatic carbocycles. The Morgan fingerprint density at radius 3 is 2.50 bits per heavy atom. The van der Waals surface area contributed by atoms with Gasteiger partial charge in [0.25, 0.3) is 11.9 Å². The van der Waals surface area contributed by atoms with Gasteiger partial charge in [0.15, 0.2) is 5.76 Å². The molecule has 204 valence electrons. The Hall–Kier alpha value is -4.71. The number of hydrogen-bond acceptors (Lipinski definition) is 8. The molecule has 1 saturated heterocycles. The number of anilines is 3. The third kappa shape index (κ3) is 5.13. The van der Waals surface area contributed by atoms with Crippen LogP contribution in [-0.4, -0.2) is 54.1 Å². The number of oxazole rings is 1. The predicted octanol–water partition coefficient (Wildman–Crippen LogP) is 4.82. The first-order valence-corrected chi connectivity index (χ1v) is 12.5. The zero-order valence-corrected chi connectivity index (χ0v) is 21.0. The highest BCUT2D eigenvalue weighted by molar-refractivity contribution is 6.19. The highest BCUT2D eigenvalue weighted by atomic mass is 19.4. The Labute approximate surface area is 226 Å². The fourth-order valence-electron chi connectivity index (χ4n) is 4.59. The maximum atomic E-state index is 13.5. The largest absolute Gasteiger partial charge is 0.422 e. The molecule has 0 radical (unpaired) electrons. The average Bonchev–Trinajstić information content (AvgIpc) is 3.38. The Kier molecular flexibility index (Phi) is 6.68. The minimum atomic E-state index is -4.56. The number of benzodiazepines with no additional fused rings is 1. The van der Waals surface area contributed by atoms with Gasteiger partial charge in [0.05, 0.1) is 42.1 Å². The lowest BCUT2D eigenvalue weighted by Gasteiger charge is -2.30. The second-order valence-corrected chi connectivity index (χ2v) is 9.14. The van der Waals surface area contributed by atoms with Crippen molar-refractivity contribution in [3.63, 3.8) is 0 Å². The molecule has 0 bridgehead atoms. The fourth-order valence-corrected chi connectivity index (χ4v) is 4.59. The van der Waals surface area contributed by atoms with Crippen LogP contribution in [0.3, 0.4) is 0 Å². The van der Waals surface area contributed by atoms with E-state index in [0.29, 0.717) is 37.7 Å². The van der Waals surface area contributed by atoms with E-state index < -0.39 is 23.8 Å². The van der Waals surface area contributed by atoms with Crippen molar-refractivity contribution in [3.05, 3.63) is 89.7 Å². The van der Waals surface area contributed by atoms with E-state index in [2.05, 4.69) is 20.6 Å². The molecule has 0 saturated carbocycles. The molecule has 40 heavy (non-hydrogen) atoms. The van der Waals surface area contributed by atoms with Crippen molar-refractivity contribution in [1.82, 2.24) is 9.97 Å². The van der Waals surface area contributed by atoms with Crippen molar-refractivity contribution in [2.45, 2.75) is 12.3 Å². The lowest BCUT2D eigenvalue weighted by Crippen LogP contribution is -2.36. The first-order valence-electron chi connectivity index (χ1n) is 12.5. The quantitative estimate of drug-likeness (QED) is 0.369. The SMILES string of the molecule is O=C1Nc2ccccc2C(c2ccccc2)=N[C@H]1Nc1ncc(-c2ncc(C(F)(F)F)cc2N2CCOCC2)o1. The summed E-state index contributed by atoms with van der Waals surface area (Å²) in [5.74, 6) is -0.290. The van der Waals surface area contributed by atoms with Crippen LogP contribution in [-0.2, 0) is 15.7 Å². The molecule has 2 aliphatic rings. The topological polar surface area (TPSA) is 105 Å². The molecule has 1 fully saturated rings. The molecular weight excluding hydrogens is 525 g/mol. The highest BCUT2D eigenvalue weighted by Gasteiger charge is 2.33. The van der Waals surface area contributed by atoms with Crippen molar-refractivity contribution < 1.29 is 27.1 Å². The predicted molar refractivity (Wildman–Crippen MR) is 142 cm³/mol. The number of para-hydroxylation sites is 1. The summed E-state index contributed by atoms with van der Waals surface area (Å²) in [5.41, 5.74) is 2.36. The number of carbonyl (C=O) groups is 1. The molecule has 0 aliphatic carbocycles. The number of hydrogen-bond donors (Lipinski definition) is 2. The van der Waals surface area contributed by atoms with Crippen molar-refractivity contribution in [3.8, 4) is 11.5 Å². The maximum absolute atomic E-state index is 13.5. The van der Waals surface area contributed by atoms with Gasteiger partial charge in [-0.05, 0) is 12.1 Å². The zero-order valence-electron chi connectivity index (χ0n) is 21.0. The van der Waals surface area contributed by atoms with E-state index in [1.807, 2.05) is 48.5 Å². The summed E-state index contributed by atoms with van der Waals surface area (Å²) < 4.78 is 51.7. The number of carbonyl (C=O) groups excluding carboxylic acids is 1. The van der Waals surface area contributed by atoms with E-state index in [-0.39, 0.29) is 23.2 Å². The molecular formula is C28H23F3N6O3. The third-order valence-electron chi connectivity index (χ3n) is 6.54. The highest BCUT2D eigenvalue weighted by Crippen LogP contribution is 2.37. The van der Waals surface area contributed by atoms with Gasteiger partial charge in [0, 0.05) is 30.4 Å². The van der Waals surface area contributed by atoms with Crippen LogP contribution in [0.25, 0.3) is 11.5 Å². The molecule has 2 aliphatic heterocycles. The molecule has 4 aromatic rings. The summed E-state index contributed by atoms with van der Waals surface area (Å²) in [5, 5.41) is 5.79. The van der Waals surface area contributed by atoms with E-state index in [4.69, 9.17) is 14.1 Å². The lowest BCUT2D eigenvalue weighted by atomic mass is 10.0. The van der Waals surface area contributed by atoms with Gasteiger partial charge in [-0.15, -0.1) is 0 Å². The number of nitrogens with zero attached hydrogens (tertiary/aromatic N) is 4. The van der Waals surface area contributed by atoms with Crippen LogP contribution in [0.5, 0.6) is 0 Å². The number of nitrogens with one attached hydrogen (secondary N) is 2. The van der Waals surface area contributed by atoms with Crippen LogP contribution in [0.2, 0.25) is 0 Å². The minimum Gasteiger partial charge on any atom is -0.422 e. The van der Waals surface area contributed by atoms with E-state index in [1.54, 1.807) is 11.0 Å². The second kappa shape index (κ2) is 10.5. The Morgan fingerprint density at radius 2 is 1.73 bits per heavy atom. The van der Waals surface area contributed by atoms with Crippen LogP contribution >= 0.6 is 0 Å². The zero-order chi connectivity index (χ0) is 27.7. The van der Waals surface area contributed by atoms with Gasteiger partial charge in [-0.3, -0.25) is 9.78 Å². The van der Waals surface area contributed by atoms with Crippen LogP contribution in [0.15, 0.2) is 82.5 Å². The van der Waals surface area contributed by atoms with Gasteiger partial charge < -0.3 is 24.7 Å². The standard InChI is InChI=1S/C28H23F3N6O3/c29-28(30,31)18-14-21(37-10-12-39-13-11-37)24(32-15-18)22-16-33-27(40-22)36-25-26(38)34-20-9-5-4-8-19(20)23(35-25)17-6-2-1-3-7-17/h1-9,14-16,25H,10-13H2,(H,33,36)(H,34,38)/t25-/m0/s1. The molecule has 2 N–H and O–H groups in total. The number of alkyl halides is 3. The number of aliphatic imine (C=N–C) groups is 1. The average molecular weight is 549 g/mol. The van der Waals surface area contributed by atoms with Crippen molar-refractivity contribution >= 4 is 29.0 Å². The van der Waals surface area contributed by atoms with Crippen molar-refractivity contribution in [2.75, 3.05) is 41.8 Å². The molecule has 2 aromatic heterocycles. The molecule has 6 rings (SSSR count). The van der Waals surface area contributed by atoms with Gasteiger partial charge in [-0.1, -0.05) is 48.5 Å². The molecule has 0 unspecified atom stereocenters. The number of ether oxygens (including phenoxy) is 1. The summed E-state index contributed by atoms with van der Waals surface area (Å²) in [6, 6.07) is 17.8. The normalized spacial score (nSPS) is 17.5. The van der Waals surface area contributed by atoms with Crippen molar-refractivity contribution in [2.24, 2.45) is 4.99 Å². The maximum Gasteiger partial charge on any atom is 0.417 e. The fraction of sp³-hybridized carbons (Fsp3) is 0.214. The first-order chi connectivity index (χ1) is 19.4. The number of aromatic nitrogens is 2. The van der Waals surface area contributed by atoms with Gasteiger partial charge in [0.1, 0.15) is 5.69 Å². The lowest BCUT2D eigenvalue weighted by molar-refractivity contribution is -0.137. The molecule has 9 nitrogen and oxygen atoms in total. The van der Waals surface area contributed by atoms with Crippen LogP contribution in [0.4, 0.5) is 30.6 Å². The number of benzene rings is 2. The van der Waals surface area contributed by atoms with Gasteiger partial charge >= 0.3 is 6.18 Å². The van der Waals surface area contributed by atoms with E-state index in [1.165, 1.54) is 6.20 Å². The molecule has 1 amide bonds. The van der Waals surface area contributed by atoms with E-state index in [9.17, 15) is 18.0 Å². The number of amides is 1. The van der Waals surface area contributed by atoms with Crippen LogP contribution < -0.4 is 15.5 Å². The molecule has 12 heteroatoms. The summed E-state index contributed by atoms with van der Waals surface area (Å²) in [6.07, 6.45) is -3.54. The number of fused-ring (bicyclic) bond motifs is 1. The summed E-state index contributed by atoms with van der Waals surface area (Å²) >= 11 is 0. The smallest absolute Gasteiger partial charge is 0.417 e. The summed E-state index contributed by atoms with van der Waals surface area (Å²) in [4.78, 5) is 27.9. The molecule has 1 atom stereocenters. The molecule has 0 spiro atoms. The Balaban J connectivity index is 1.34. The van der Waals surface area contributed by atoms with Gasteiger partial charge in [-0.2, -0.15) is 13.2 Å². The van der Waals surface area contributed by atoms with Crippen LogP contribution in [0.1, 0.15) is 16.7 Å². The van der Waals surface area contributed by atoms with Crippen molar-refractivity contribution in [1.29, 1.82) is 0 Å². The van der Waals surface area contributed by atoms with E-state index in [0.717, 1.165) is 23.4 Å². The monoisotopic (exact) mass is 548 g/mol. The third-order valence-corrected chi connectivity index (χ3v) is 6.54. The summed E-state index contributed by atoms with van der Waals surface area (Å²) in [6.45, 7) is 1.55. The molecule has 4 heterocycles. The van der Waals surface area contributed by atoms with Crippen LogP contribution in [0, 0.1) is 0 Å². The summed E-state index contributed by atoms with van der Waals surface area (Å²) in [7, 11) is 0. The van der Waals surface area contributed by atoms with Gasteiger partial charge in [-0.25, -0.2) is 9.98 Å². The number of morpholine rings is 1. The van der Waals surface area contributed by atoms with Gasteiger partial charge in [0.2, 0.25) is 6.17 Å². The Morgan fingerprint density at radius 1 is 0.975 bits per heavy atom. The number of rotatable bonds is 5. The number of pyridine rings is 1.